The number of carbonyl (C=O) groups excluding carboxylic acids is 2. The highest BCUT2D eigenvalue weighted by molar-refractivity contribution is 5.98. The van der Waals surface area contributed by atoms with Crippen LogP contribution in [0.2, 0.25) is 0 Å². The van der Waals surface area contributed by atoms with E-state index in [2.05, 4.69) is 22.8 Å². The lowest BCUT2D eigenvalue weighted by Crippen LogP contribution is -2.26. The summed E-state index contributed by atoms with van der Waals surface area (Å²) in [7, 11) is 0. The molecule has 4 heteroatoms. The Labute approximate surface area is 131 Å². The molecule has 22 heavy (non-hydrogen) atoms. The average Bonchev–Trinajstić information content (AvgIpc) is 3.34. The van der Waals surface area contributed by atoms with Crippen LogP contribution in [0.3, 0.4) is 0 Å². The molecule has 2 N–H and O–H groups in total. The molecule has 1 fully saturated rings. The Hall–Kier alpha value is -2.10. The lowest BCUT2D eigenvalue weighted by molar-refractivity contribution is -0.120. The van der Waals surface area contributed by atoms with Gasteiger partial charge in [0.15, 0.2) is 0 Å². The Balaban J connectivity index is 1.70. The summed E-state index contributed by atoms with van der Waals surface area (Å²) in [5.74, 6) is 0.0270. The number of benzene rings is 1. The van der Waals surface area contributed by atoms with Crippen LogP contribution in [-0.4, -0.2) is 17.9 Å². The molecular weight excluding hydrogens is 276 g/mol. The van der Waals surface area contributed by atoms with E-state index in [9.17, 15) is 9.59 Å². The number of carbonyl (C=O) groups is 2. The summed E-state index contributed by atoms with van der Waals surface area (Å²) in [5, 5.41) is 5.96. The second-order valence-electron chi connectivity index (χ2n) is 6.25. The zero-order valence-corrected chi connectivity index (χ0v) is 12.9. The van der Waals surface area contributed by atoms with Gasteiger partial charge in [-0.3, -0.25) is 9.59 Å². The van der Waals surface area contributed by atoms with Crippen LogP contribution in [0.4, 0.5) is 5.69 Å². The summed E-state index contributed by atoms with van der Waals surface area (Å²) in [5.41, 5.74) is 2.32. The minimum absolute atomic E-state index is 0.0355. The van der Waals surface area contributed by atoms with Crippen molar-refractivity contribution in [1.29, 1.82) is 0 Å². The number of anilines is 1. The number of nitrogens with one attached hydrogen (secondary N) is 2. The largest absolute Gasteiger partial charge is 0.349 e. The van der Waals surface area contributed by atoms with Gasteiger partial charge in [0.25, 0.3) is 5.91 Å². The minimum Gasteiger partial charge on any atom is -0.349 e. The summed E-state index contributed by atoms with van der Waals surface area (Å²) >= 11 is 0. The highest BCUT2D eigenvalue weighted by Gasteiger charge is 2.24. The van der Waals surface area contributed by atoms with E-state index in [1.54, 1.807) is 6.07 Å². The van der Waals surface area contributed by atoms with E-state index in [4.69, 9.17) is 0 Å². The van der Waals surface area contributed by atoms with E-state index < -0.39 is 0 Å². The SMILES string of the molecule is Cc1ccc(C(=O)NC2CC2)cc1NC(=O)[C@@H]1CC=CCC1. The summed E-state index contributed by atoms with van der Waals surface area (Å²) in [6.45, 7) is 1.94. The average molecular weight is 298 g/mol. The van der Waals surface area contributed by atoms with Gasteiger partial charge < -0.3 is 10.6 Å². The smallest absolute Gasteiger partial charge is 0.251 e. The molecule has 4 nitrogen and oxygen atoms in total. The fraction of sp³-hybridized carbons (Fsp3) is 0.444. The van der Waals surface area contributed by atoms with Crippen molar-refractivity contribution in [2.75, 3.05) is 5.32 Å². The van der Waals surface area contributed by atoms with Gasteiger partial charge in [0.1, 0.15) is 0 Å². The molecule has 116 valence electrons. The third-order valence-electron chi connectivity index (χ3n) is 4.31. The first-order valence-electron chi connectivity index (χ1n) is 8.01. The number of rotatable bonds is 4. The highest BCUT2D eigenvalue weighted by atomic mass is 16.2. The highest BCUT2D eigenvalue weighted by Crippen LogP contribution is 2.24. The number of aryl methyl sites for hydroxylation is 1. The molecule has 1 atom stereocenters. The van der Waals surface area contributed by atoms with Crippen molar-refractivity contribution in [2.45, 2.75) is 45.1 Å². The second-order valence-corrected chi connectivity index (χ2v) is 6.25. The van der Waals surface area contributed by atoms with E-state index in [-0.39, 0.29) is 17.7 Å². The number of hydrogen-bond donors (Lipinski definition) is 2. The second kappa shape index (κ2) is 6.34. The summed E-state index contributed by atoms with van der Waals surface area (Å²) in [6.07, 6.45) is 8.97. The van der Waals surface area contributed by atoms with Crippen LogP contribution in [0, 0.1) is 12.8 Å². The molecule has 0 heterocycles. The van der Waals surface area contributed by atoms with Crippen LogP contribution in [-0.2, 0) is 4.79 Å². The van der Waals surface area contributed by atoms with Gasteiger partial charge >= 0.3 is 0 Å². The summed E-state index contributed by atoms with van der Waals surface area (Å²) in [6, 6.07) is 5.81. The Kier molecular flexibility index (Phi) is 4.27. The molecule has 0 saturated heterocycles. The summed E-state index contributed by atoms with van der Waals surface area (Å²) in [4.78, 5) is 24.5. The zero-order chi connectivity index (χ0) is 15.5. The molecule has 1 aromatic rings. The fourth-order valence-corrected chi connectivity index (χ4v) is 2.66. The molecule has 0 unspecified atom stereocenters. The molecule has 1 aromatic carbocycles. The molecule has 1 saturated carbocycles. The molecule has 0 aromatic heterocycles. The Morgan fingerprint density at radius 2 is 1.95 bits per heavy atom. The zero-order valence-electron chi connectivity index (χ0n) is 12.9. The monoisotopic (exact) mass is 298 g/mol. The predicted octanol–water partition coefficient (Wildman–Crippen LogP) is 3.18. The molecule has 0 radical (unpaired) electrons. The molecule has 3 rings (SSSR count). The third kappa shape index (κ3) is 3.56. The molecule has 0 aliphatic heterocycles. The van der Waals surface area contributed by atoms with E-state index in [0.29, 0.717) is 11.6 Å². The Bertz CT molecular complexity index is 618. The maximum atomic E-state index is 12.3. The van der Waals surface area contributed by atoms with Crippen molar-refractivity contribution in [3.63, 3.8) is 0 Å². The normalized spacial score (nSPS) is 20.5. The molecule has 0 spiro atoms. The van der Waals surface area contributed by atoms with Crippen LogP contribution < -0.4 is 10.6 Å². The maximum Gasteiger partial charge on any atom is 0.251 e. The molecule has 0 bridgehead atoms. The predicted molar refractivity (Wildman–Crippen MR) is 86.8 cm³/mol. The Morgan fingerprint density at radius 3 is 2.64 bits per heavy atom. The van der Waals surface area contributed by atoms with Gasteiger partial charge in [-0.25, -0.2) is 0 Å². The van der Waals surface area contributed by atoms with E-state index >= 15 is 0 Å². The summed E-state index contributed by atoms with van der Waals surface area (Å²) < 4.78 is 0. The number of allylic oxidation sites excluding steroid dienone is 2. The number of amides is 2. The van der Waals surface area contributed by atoms with Gasteiger partial charge in [0.2, 0.25) is 5.91 Å². The Morgan fingerprint density at radius 1 is 1.14 bits per heavy atom. The van der Waals surface area contributed by atoms with Crippen LogP contribution >= 0.6 is 0 Å². The van der Waals surface area contributed by atoms with Gasteiger partial charge in [-0.05, 0) is 56.7 Å². The van der Waals surface area contributed by atoms with Crippen LogP contribution in [0.1, 0.15) is 48.0 Å². The van der Waals surface area contributed by atoms with Gasteiger partial charge in [0.05, 0.1) is 0 Å². The molecule has 2 amide bonds. The van der Waals surface area contributed by atoms with Crippen LogP contribution in [0.25, 0.3) is 0 Å². The van der Waals surface area contributed by atoms with Crippen molar-refractivity contribution in [2.24, 2.45) is 5.92 Å². The van der Waals surface area contributed by atoms with Gasteiger partial charge in [-0.15, -0.1) is 0 Å². The lowest BCUT2D eigenvalue weighted by atomic mass is 9.93. The van der Waals surface area contributed by atoms with Crippen LogP contribution in [0.15, 0.2) is 30.4 Å². The first kappa shape index (κ1) is 14.8. The standard InChI is InChI=1S/C18H22N2O2/c1-12-7-8-14(18(22)19-15-9-10-15)11-16(12)20-17(21)13-5-3-2-4-6-13/h2-3,7-8,11,13,15H,4-6,9-10H2,1H3,(H,19,22)(H,20,21)/t13-/m1/s1. The minimum atomic E-state index is -0.0569. The van der Waals surface area contributed by atoms with E-state index in [0.717, 1.165) is 43.4 Å². The topological polar surface area (TPSA) is 58.2 Å². The van der Waals surface area contributed by atoms with Gasteiger partial charge in [-0.2, -0.15) is 0 Å². The van der Waals surface area contributed by atoms with Crippen molar-refractivity contribution in [3.8, 4) is 0 Å². The molecule has 2 aliphatic rings. The quantitative estimate of drug-likeness (QED) is 0.839. The van der Waals surface area contributed by atoms with Crippen molar-refractivity contribution in [1.82, 2.24) is 5.32 Å². The fourth-order valence-electron chi connectivity index (χ4n) is 2.66. The van der Waals surface area contributed by atoms with Crippen molar-refractivity contribution < 1.29 is 9.59 Å². The molecule has 2 aliphatic carbocycles. The van der Waals surface area contributed by atoms with E-state index in [1.807, 2.05) is 19.1 Å². The van der Waals surface area contributed by atoms with Crippen LogP contribution in [0.5, 0.6) is 0 Å². The lowest BCUT2D eigenvalue weighted by Gasteiger charge is -2.18. The van der Waals surface area contributed by atoms with Gasteiger partial charge in [-0.1, -0.05) is 18.2 Å². The van der Waals surface area contributed by atoms with Crippen molar-refractivity contribution in [3.05, 3.63) is 41.5 Å². The first-order valence-corrected chi connectivity index (χ1v) is 8.01. The van der Waals surface area contributed by atoms with E-state index in [1.165, 1.54) is 0 Å². The number of hydrogen-bond acceptors (Lipinski definition) is 2. The first-order chi connectivity index (χ1) is 10.6. The van der Waals surface area contributed by atoms with Gasteiger partial charge in [0, 0.05) is 23.2 Å². The molecular formula is C18H22N2O2. The van der Waals surface area contributed by atoms with Crippen molar-refractivity contribution >= 4 is 17.5 Å². The maximum absolute atomic E-state index is 12.3. The third-order valence-corrected chi connectivity index (χ3v) is 4.31.